The van der Waals surface area contributed by atoms with Crippen molar-refractivity contribution < 1.29 is 0 Å². The predicted molar refractivity (Wildman–Crippen MR) is 86.1 cm³/mol. The Balaban J connectivity index is 2.40. The smallest absolute Gasteiger partial charge is 0.0441 e. The molecule has 0 atom stereocenters. The lowest BCUT2D eigenvalue weighted by Gasteiger charge is -2.23. The maximum Gasteiger partial charge on any atom is 0.0441 e. The van der Waals surface area contributed by atoms with E-state index in [-0.39, 0.29) is 0 Å². The average Bonchev–Trinajstić information content (AvgIpc) is 2.39. The summed E-state index contributed by atoms with van der Waals surface area (Å²) in [7, 11) is 2.10. The molecule has 0 aromatic heterocycles. The molecule has 0 radical (unpaired) electrons. The van der Waals surface area contributed by atoms with Gasteiger partial charge in [0.25, 0.3) is 0 Å². The molecule has 0 saturated heterocycles. The molecule has 0 aliphatic heterocycles. The van der Waals surface area contributed by atoms with Gasteiger partial charge in [0.05, 0.1) is 0 Å². The average molecular weight is 319 g/mol. The molecule has 0 aliphatic carbocycles. The summed E-state index contributed by atoms with van der Waals surface area (Å²) in [6.45, 7) is 2.77. The van der Waals surface area contributed by atoms with E-state index >= 15 is 0 Å². The molecule has 3 heteroatoms. The Bertz CT molecular complexity index is 566. The monoisotopic (exact) mass is 318 g/mol. The standard InChI is InChI=1S/C16H19BrN2/c1-12-4-3-5-15(10-12)19(2)16-7-6-14(17)11-13(16)8-9-18/h3-7,10-11H,8-9,18H2,1-2H3. The van der Waals surface area contributed by atoms with E-state index in [2.05, 4.69) is 77.3 Å². The Morgan fingerprint density at radius 3 is 2.63 bits per heavy atom. The molecule has 0 fully saturated rings. The van der Waals surface area contributed by atoms with E-state index in [1.807, 2.05) is 0 Å². The summed E-state index contributed by atoms with van der Waals surface area (Å²) in [5.41, 5.74) is 10.6. The second kappa shape index (κ2) is 6.22. The molecular formula is C16H19BrN2. The number of rotatable bonds is 4. The lowest BCUT2D eigenvalue weighted by atomic mass is 10.1. The Kier molecular flexibility index (Phi) is 4.61. The first-order chi connectivity index (χ1) is 9.11. The summed E-state index contributed by atoms with van der Waals surface area (Å²) in [5, 5.41) is 0. The van der Waals surface area contributed by atoms with Crippen molar-refractivity contribution in [3.8, 4) is 0 Å². The summed E-state index contributed by atoms with van der Waals surface area (Å²) in [5.74, 6) is 0. The first kappa shape index (κ1) is 14.1. The molecular weight excluding hydrogens is 300 g/mol. The lowest BCUT2D eigenvalue weighted by Crippen LogP contribution is -2.14. The van der Waals surface area contributed by atoms with Crippen molar-refractivity contribution in [2.24, 2.45) is 5.73 Å². The highest BCUT2D eigenvalue weighted by Crippen LogP contribution is 2.30. The van der Waals surface area contributed by atoms with Crippen LogP contribution >= 0.6 is 15.9 Å². The van der Waals surface area contributed by atoms with Crippen molar-refractivity contribution in [3.63, 3.8) is 0 Å². The lowest BCUT2D eigenvalue weighted by molar-refractivity contribution is 0.959. The normalized spacial score (nSPS) is 10.5. The van der Waals surface area contributed by atoms with Crippen LogP contribution in [0.25, 0.3) is 0 Å². The highest BCUT2D eigenvalue weighted by Gasteiger charge is 2.09. The maximum absolute atomic E-state index is 5.71. The Hall–Kier alpha value is -1.32. The molecule has 0 unspecified atom stereocenters. The molecule has 0 amide bonds. The number of hydrogen-bond acceptors (Lipinski definition) is 2. The van der Waals surface area contributed by atoms with E-state index in [0.29, 0.717) is 6.54 Å². The Labute approximate surface area is 123 Å². The molecule has 0 spiro atoms. The Morgan fingerprint density at radius 1 is 1.16 bits per heavy atom. The van der Waals surface area contributed by atoms with Crippen molar-refractivity contribution in [1.82, 2.24) is 0 Å². The van der Waals surface area contributed by atoms with Gasteiger partial charge in [-0.2, -0.15) is 0 Å². The number of anilines is 2. The van der Waals surface area contributed by atoms with Gasteiger partial charge < -0.3 is 10.6 Å². The number of halogens is 1. The van der Waals surface area contributed by atoms with Gasteiger partial charge in [-0.1, -0.05) is 28.1 Å². The fourth-order valence-corrected chi connectivity index (χ4v) is 2.62. The first-order valence-corrected chi connectivity index (χ1v) is 7.20. The minimum atomic E-state index is 0.658. The van der Waals surface area contributed by atoms with Gasteiger partial charge in [-0.3, -0.25) is 0 Å². The van der Waals surface area contributed by atoms with Crippen LogP contribution in [0.15, 0.2) is 46.9 Å². The molecule has 100 valence electrons. The zero-order chi connectivity index (χ0) is 13.8. The van der Waals surface area contributed by atoms with Crippen LogP contribution in [-0.2, 0) is 6.42 Å². The minimum Gasteiger partial charge on any atom is -0.344 e. The van der Waals surface area contributed by atoms with Crippen LogP contribution in [0.5, 0.6) is 0 Å². The first-order valence-electron chi connectivity index (χ1n) is 6.40. The van der Waals surface area contributed by atoms with Crippen LogP contribution in [0.2, 0.25) is 0 Å². The molecule has 2 aromatic rings. The van der Waals surface area contributed by atoms with E-state index in [4.69, 9.17) is 5.73 Å². The minimum absolute atomic E-state index is 0.658. The van der Waals surface area contributed by atoms with Crippen LogP contribution < -0.4 is 10.6 Å². The summed E-state index contributed by atoms with van der Waals surface area (Å²) in [4.78, 5) is 2.21. The fourth-order valence-electron chi connectivity index (χ4n) is 2.21. The van der Waals surface area contributed by atoms with E-state index in [1.54, 1.807) is 0 Å². The third-order valence-corrected chi connectivity index (χ3v) is 3.70. The topological polar surface area (TPSA) is 29.3 Å². The van der Waals surface area contributed by atoms with Gasteiger partial charge in [0.2, 0.25) is 0 Å². The number of nitrogens with two attached hydrogens (primary N) is 1. The molecule has 0 saturated carbocycles. The van der Waals surface area contributed by atoms with Gasteiger partial charge >= 0.3 is 0 Å². The van der Waals surface area contributed by atoms with E-state index < -0.39 is 0 Å². The fraction of sp³-hybridized carbons (Fsp3) is 0.250. The maximum atomic E-state index is 5.71. The van der Waals surface area contributed by atoms with E-state index in [9.17, 15) is 0 Å². The van der Waals surface area contributed by atoms with Crippen LogP contribution in [0.1, 0.15) is 11.1 Å². The number of nitrogens with zero attached hydrogens (tertiary/aromatic N) is 1. The molecule has 2 nitrogen and oxygen atoms in total. The molecule has 0 heterocycles. The van der Waals surface area contributed by atoms with E-state index in [0.717, 1.165) is 10.9 Å². The second-order valence-electron chi connectivity index (χ2n) is 4.71. The van der Waals surface area contributed by atoms with Crippen LogP contribution in [-0.4, -0.2) is 13.6 Å². The van der Waals surface area contributed by atoms with Gasteiger partial charge in [-0.05, 0) is 61.3 Å². The summed E-state index contributed by atoms with van der Waals surface area (Å²) in [6.07, 6.45) is 0.880. The zero-order valence-corrected chi connectivity index (χ0v) is 12.9. The quantitative estimate of drug-likeness (QED) is 0.922. The number of aryl methyl sites for hydroxylation is 1. The van der Waals surface area contributed by atoms with Crippen molar-refractivity contribution in [1.29, 1.82) is 0 Å². The summed E-state index contributed by atoms with van der Waals surface area (Å²) >= 11 is 3.52. The molecule has 19 heavy (non-hydrogen) atoms. The molecule has 0 bridgehead atoms. The van der Waals surface area contributed by atoms with Crippen LogP contribution in [0.4, 0.5) is 11.4 Å². The van der Waals surface area contributed by atoms with Crippen molar-refractivity contribution >= 4 is 27.3 Å². The summed E-state index contributed by atoms with van der Waals surface area (Å²) in [6, 6.07) is 14.9. The predicted octanol–water partition coefficient (Wildman–Crippen LogP) is 4.03. The second-order valence-corrected chi connectivity index (χ2v) is 5.63. The van der Waals surface area contributed by atoms with Crippen molar-refractivity contribution in [2.75, 3.05) is 18.5 Å². The van der Waals surface area contributed by atoms with Gasteiger partial charge in [-0.25, -0.2) is 0 Å². The van der Waals surface area contributed by atoms with Crippen molar-refractivity contribution in [2.45, 2.75) is 13.3 Å². The van der Waals surface area contributed by atoms with Crippen LogP contribution in [0.3, 0.4) is 0 Å². The largest absolute Gasteiger partial charge is 0.344 e. The van der Waals surface area contributed by atoms with Gasteiger partial charge in [0.1, 0.15) is 0 Å². The highest BCUT2D eigenvalue weighted by molar-refractivity contribution is 9.10. The highest BCUT2D eigenvalue weighted by atomic mass is 79.9. The molecule has 0 aliphatic rings. The van der Waals surface area contributed by atoms with Gasteiger partial charge in [0, 0.05) is 22.9 Å². The number of benzene rings is 2. The third kappa shape index (κ3) is 3.37. The molecule has 2 aromatic carbocycles. The molecule has 2 rings (SSSR count). The molecule has 2 N–H and O–H groups in total. The van der Waals surface area contributed by atoms with Crippen molar-refractivity contribution in [3.05, 3.63) is 58.1 Å². The SMILES string of the molecule is Cc1cccc(N(C)c2ccc(Br)cc2CCN)c1. The van der Waals surface area contributed by atoms with Gasteiger partial charge in [0.15, 0.2) is 0 Å². The number of hydrogen-bond donors (Lipinski definition) is 1. The van der Waals surface area contributed by atoms with Crippen LogP contribution in [0, 0.1) is 6.92 Å². The van der Waals surface area contributed by atoms with E-state index in [1.165, 1.54) is 22.5 Å². The van der Waals surface area contributed by atoms with Gasteiger partial charge in [-0.15, -0.1) is 0 Å². The Morgan fingerprint density at radius 2 is 1.95 bits per heavy atom. The summed E-state index contributed by atoms with van der Waals surface area (Å²) < 4.78 is 1.09. The zero-order valence-electron chi connectivity index (χ0n) is 11.4. The third-order valence-electron chi connectivity index (χ3n) is 3.21.